The molecule has 0 aromatic heterocycles. The van der Waals surface area contributed by atoms with Crippen LogP contribution >= 0.6 is 23.5 Å². The molecule has 1 fully saturated rings. The Balaban J connectivity index is 2.45. The molecule has 1 saturated heterocycles. The molecule has 1 aliphatic rings. The Hall–Kier alpha value is -0.0900. The smallest absolute Gasteiger partial charge is 0.331 e. The maximum absolute atomic E-state index is 11.0. The van der Waals surface area contributed by atoms with E-state index >= 15 is 0 Å². The van der Waals surface area contributed by atoms with Crippen LogP contribution in [-0.4, -0.2) is 27.7 Å². The van der Waals surface area contributed by atoms with E-state index in [-0.39, 0.29) is 11.4 Å². The summed E-state index contributed by atoms with van der Waals surface area (Å²) >= 11 is 3.61. The molecule has 0 saturated carbocycles. The van der Waals surface area contributed by atoms with Crippen LogP contribution in [0.15, 0.2) is 12.7 Å². The average Bonchev–Trinajstić information content (AvgIpc) is 2.27. The highest BCUT2D eigenvalue weighted by Gasteiger charge is 2.23. The van der Waals surface area contributed by atoms with E-state index in [1.54, 1.807) is 11.8 Å². The number of carbonyl (C=O) groups is 1. The number of hydrogen-bond donors (Lipinski definition) is 0. The van der Waals surface area contributed by atoms with Gasteiger partial charge < -0.3 is 4.74 Å². The van der Waals surface area contributed by atoms with Crippen molar-refractivity contribution >= 4 is 29.5 Å². The molecule has 0 spiro atoms. The normalized spacial score (nSPS) is 33.1. The molecular weight excluding hydrogens is 216 g/mol. The van der Waals surface area contributed by atoms with Gasteiger partial charge in [-0.1, -0.05) is 20.4 Å². The van der Waals surface area contributed by atoms with Crippen LogP contribution in [0, 0.1) is 0 Å². The molecule has 3 atom stereocenters. The minimum atomic E-state index is -0.315. The van der Waals surface area contributed by atoms with Gasteiger partial charge in [0.15, 0.2) is 5.44 Å². The van der Waals surface area contributed by atoms with Crippen molar-refractivity contribution in [1.82, 2.24) is 0 Å². The fourth-order valence-corrected chi connectivity index (χ4v) is 4.09. The van der Waals surface area contributed by atoms with Crippen LogP contribution in [0.25, 0.3) is 0 Å². The van der Waals surface area contributed by atoms with Crippen molar-refractivity contribution in [2.75, 3.05) is 5.75 Å². The molecule has 0 bridgehead atoms. The summed E-state index contributed by atoms with van der Waals surface area (Å²) in [5.41, 5.74) is -0.00884. The van der Waals surface area contributed by atoms with Gasteiger partial charge in [0.05, 0.1) is 0 Å². The molecule has 80 valence electrons. The zero-order valence-electron chi connectivity index (χ0n) is 8.56. The molecule has 0 aliphatic carbocycles. The third-order valence-corrected chi connectivity index (χ3v) is 4.67. The van der Waals surface area contributed by atoms with Gasteiger partial charge in [0.25, 0.3) is 0 Å². The SMILES string of the molecule is C=CC(=O)OC1CSC(C)CC(C)S1. The summed E-state index contributed by atoms with van der Waals surface area (Å²) in [5.74, 6) is 0.570. The molecule has 1 heterocycles. The van der Waals surface area contributed by atoms with Gasteiger partial charge in [0.2, 0.25) is 0 Å². The minimum absolute atomic E-state index is 0.00884. The molecule has 3 unspecified atom stereocenters. The van der Waals surface area contributed by atoms with Gasteiger partial charge in [-0.25, -0.2) is 4.79 Å². The summed E-state index contributed by atoms with van der Waals surface area (Å²) in [7, 11) is 0. The van der Waals surface area contributed by atoms with Crippen LogP contribution in [0.4, 0.5) is 0 Å². The van der Waals surface area contributed by atoms with Gasteiger partial charge in [0.1, 0.15) is 0 Å². The van der Waals surface area contributed by atoms with Gasteiger partial charge in [-0.05, 0) is 6.42 Å². The predicted molar refractivity (Wildman–Crippen MR) is 63.7 cm³/mol. The van der Waals surface area contributed by atoms with E-state index in [4.69, 9.17) is 4.74 Å². The lowest BCUT2D eigenvalue weighted by Gasteiger charge is -2.15. The van der Waals surface area contributed by atoms with Gasteiger partial charge in [-0.3, -0.25) is 0 Å². The molecule has 0 amide bonds. The molecule has 0 radical (unpaired) electrons. The summed E-state index contributed by atoms with van der Waals surface area (Å²) in [6.07, 6.45) is 2.40. The van der Waals surface area contributed by atoms with Crippen molar-refractivity contribution in [1.29, 1.82) is 0 Å². The molecule has 14 heavy (non-hydrogen) atoms. The number of hydrogen-bond acceptors (Lipinski definition) is 4. The van der Waals surface area contributed by atoms with E-state index in [0.29, 0.717) is 10.5 Å². The van der Waals surface area contributed by atoms with E-state index in [1.807, 2.05) is 11.8 Å². The van der Waals surface area contributed by atoms with E-state index in [2.05, 4.69) is 20.4 Å². The topological polar surface area (TPSA) is 26.3 Å². The Morgan fingerprint density at radius 1 is 1.50 bits per heavy atom. The van der Waals surface area contributed by atoms with Gasteiger partial charge >= 0.3 is 5.97 Å². The fraction of sp³-hybridized carbons (Fsp3) is 0.700. The first-order chi connectivity index (χ1) is 6.61. The lowest BCUT2D eigenvalue weighted by atomic mass is 10.3. The molecule has 1 aliphatic heterocycles. The van der Waals surface area contributed by atoms with Crippen LogP contribution in [0.2, 0.25) is 0 Å². The van der Waals surface area contributed by atoms with Crippen molar-refractivity contribution < 1.29 is 9.53 Å². The highest BCUT2D eigenvalue weighted by Crippen LogP contribution is 2.33. The van der Waals surface area contributed by atoms with Crippen LogP contribution in [0.5, 0.6) is 0 Å². The monoisotopic (exact) mass is 232 g/mol. The second-order valence-electron chi connectivity index (χ2n) is 3.40. The first kappa shape index (κ1) is 12.0. The summed E-state index contributed by atoms with van der Waals surface area (Å²) in [5, 5.41) is 1.22. The third-order valence-electron chi connectivity index (χ3n) is 1.98. The summed E-state index contributed by atoms with van der Waals surface area (Å²) in [6.45, 7) is 7.80. The Morgan fingerprint density at radius 2 is 2.21 bits per heavy atom. The summed E-state index contributed by atoms with van der Waals surface area (Å²) < 4.78 is 5.22. The van der Waals surface area contributed by atoms with Crippen LogP contribution in [-0.2, 0) is 9.53 Å². The number of ether oxygens (including phenoxy) is 1. The minimum Gasteiger partial charge on any atom is -0.447 e. The first-order valence-electron chi connectivity index (χ1n) is 4.72. The zero-order chi connectivity index (χ0) is 10.6. The maximum atomic E-state index is 11.0. The summed E-state index contributed by atoms with van der Waals surface area (Å²) in [6, 6.07) is 0. The van der Waals surface area contributed by atoms with E-state index in [9.17, 15) is 4.79 Å². The second-order valence-corrected chi connectivity index (χ2v) is 6.47. The van der Waals surface area contributed by atoms with Crippen molar-refractivity contribution in [3.05, 3.63) is 12.7 Å². The van der Waals surface area contributed by atoms with Crippen molar-refractivity contribution in [3.63, 3.8) is 0 Å². The third kappa shape index (κ3) is 3.96. The quantitative estimate of drug-likeness (QED) is 0.540. The molecule has 1 rings (SSSR count). The number of carbonyl (C=O) groups excluding carboxylic acids is 1. The lowest BCUT2D eigenvalue weighted by Crippen LogP contribution is -2.16. The van der Waals surface area contributed by atoms with Crippen LogP contribution in [0.1, 0.15) is 20.3 Å². The molecule has 0 N–H and O–H groups in total. The number of esters is 1. The number of rotatable bonds is 2. The largest absolute Gasteiger partial charge is 0.447 e. The molecule has 2 nitrogen and oxygen atoms in total. The molecular formula is C10H16O2S2. The van der Waals surface area contributed by atoms with Crippen molar-refractivity contribution in [2.45, 2.75) is 36.2 Å². The van der Waals surface area contributed by atoms with E-state index < -0.39 is 0 Å². The molecule has 0 aromatic carbocycles. The zero-order valence-corrected chi connectivity index (χ0v) is 10.2. The average molecular weight is 232 g/mol. The van der Waals surface area contributed by atoms with Gasteiger partial charge in [-0.2, -0.15) is 11.8 Å². The van der Waals surface area contributed by atoms with E-state index in [0.717, 1.165) is 5.75 Å². The van der Waals surface area contributed by atoms with E-state index in [1.165, 1.54) is 12.5 Å². The Kier molecular flexibility index (Phi) is 4.89. The van der Waals surface area contributed by atoms with Crippen molar-refractivity contribution in [3.8, 4) is 0 Å². The van der Waals surface area contributed by atoms with Crippen molar-refractivity contribution in [2.24, 2.45) is 0 Å². The van der Waals surface area contributed by atoms with Crippen LogP contribution in [0.3, 0.4) is 0 Å². The lowest BCUT2D eigenvalue weighted by molar-refractivity contribution is -0.138. The Morgan fingerprint density at radius 3 is 2.86 bits per heavy atom. The summed E-state index contributed by atoms with van der Waals surface area (Å²) in [4.78, 5) is 11.0. The standard InChI is InChI=1S/C10H16O2S2/c1-4-9(11)12-10-6-13-7(2)5-8(3)14-10/h4,7-8,10H,1,5-6H2,2-3H3. The molecule has 4 heteroatoms. The molecule has 0 aromatic rings. The fourth-order valence-electron chi connectivity index (χ4n) is 1.37. The van der Waals surface area contributed by atoms with Gasteiger partial charge in [0, 0.05) is 22.3 Å². The highest BCUT2D eigenvalue weighted by atomic mass is 32.2. The number of thioether (sulfide) groups is 2. The maximum Gasteiger partial charge on any atom is 0.331 e. The predicted octanol–water partition coefficient (Wildman–Crippen LogP) is 2.69. The van der Waals surface area contributed by atoms with Gasteiger partial charge in [-0.15, -0.1) is 11.8 Å². The highest BCUT2D eigenvalue weighted by molar-refractivity contribution is 8.04. The first-order valence-corrected chi connectivity index (χ1v) is 6.71. The Bertz CT molecular complexity index is 218. The Labute approximate surface area is 93.8 Å². The van der Waals surface area contributed by atoms with Crippen LogP contribution < -0.4 is 0 Å². The second kappa shape index (κ2) is 5.71.